The molecule has 3 N–H and O–H groups in total. The van der Waals surface area contributed by atoms with Gasteiger partial charge in [-0.05, 0) is 23.8 Å². The molecule has 1 unspecified atom stereocenters. The van der Waals surface area contributed by atoms with Crippen LogP contribution in [0.3, 0.4) is 0 Å². The van der Waals surface area contributed by atoms with Gasteiger partial charge in [0.25, 0.3) is 0 Å². The van der Waals surface area contributed by atoms with E-state index in [0.29, 0.717) is 0 Å². The highest BCUT2D eigenvalue weighted by Crippen LogP contribution is 2.27. The van der Waals surface area contributed by atoms with Gasteiger partial charge in [0.15, 0.2) is 0 Å². The van der Waals surface area contributed by atoms with E-state index in [2.05, 4.69) is 63.3 Å². The van der Waals surface area contributed by atoms with Gasteiger partial charge < -0.3 is 15.6 Å². The SMILES string of the molecule is NC(CN1CCN(c2cccc3[nH]ccc23)CC1)c1ccccc1. The molecule has 24 heavy (non-hydrogen) atoms. The number of aromatic nitrogens is 1. The summed E-state index contributed by atoms with van der Waals surface area (Å²) in [6.07, 6.45) is 2.02. The van der Waals surface area contributed by atoms with Crippen LogP contribution in [0.5, 0.6) is 0 Å². The Balaban J connectivity index is 1.39. The minimum absolute atomic E-state index is 0.0888. The summed E-state index contributed by atoms with van der Waals surface area (Å²) in [7, 11) is 0. The van der Waals surface area contributed by atoms with E-state index < -0.39 is 0 Å². The number of benzene rings is 2. The standard InChI is InChI=1S/C20H24N4/c21-18(16-5-2-1-3-6-16)15-23-11-13-24(14-12-23)20-8-4-7-19-17(20)9-10-22-19/h1-10,18,22H,11-15,21H2. The Labute approximate surface area is 142 Å². The Morgan fingerprint density at radius 3 is 2.50 bits per heavy atom. The molecule has 0 spiro atoms. The number of piperazine rings is 1. The summed E-state index contributed by atoms with van der Waals surface area (Å²) in [5.41, 5.74) is 10.1. The normalized spacial score (nSPS) is 17.3. The average molecular weight is 320 g/mol. The van der Waals surface area contributed by atoms with Gasteiger partial charge in [-0.15, -0.1) is 0 Å². The Hall–Kier alpha value is -2.30. The van der Waals surface area contributed by atoms with E-state index in [4.69, 9.17) is 5.73 Å². The molecular weight excluding hydrogens is 296 g/mol. The lowest BCUT2D eigenvalue weighted by molar-refractivity contribution is 0.243. The number of aromatic amines is 1. The van der Waals surface area contributed by atoms with Crippen molar-refractivity contribution in [1.82, 2.24) is 9.88 Å². The second-order valence-corrected chi connectivity index (χ2v) is 6.52. The summed E-state index contributed by atoms with van der Waals surface area (Å²) in [5.74, 6) is 0. The lowest BCUT2D eigenvalue weighted by atomic mass is 10.1. The topological polar surface area (TPSA) is 48.3 Å². The number of anilines is 1. The molecule has 2 aromatic carbocycles. The van der Waals surface area contributed by atoms with Crippen molar-refractivity contribution in [3.63, 3.8) is 0 Å². The van der Waals surface area contributed by atoms with Gasteiger partial charge in [-0.25, -0.2) is 0 Å². The molecule has 4 nitrogen and oxygen atoms in total. The minimum atomic E-state index is 0.0888. The molecule has 0 saturated carbocycles. The zero-order chi connectivity index (χ0) is 16.4. The van der Waals surface area contributed by atoms with Crippen molar-refractivity contribution < 1.29 is 0 Å². The predicted octanol–water partition coefficient (Wildman–Crippen LogP) is 2.99. The number of nitrogens with two attached hydrogens (primary N) is 1. The number of rotatable bonds is 4. The maximum Gasteiger partial charge on any atom is 0.0474 e. The van der Waals surface area contributed by atoms with E-state index >= 15 is 0 Å². The molecule has 124 valence electrons. The zero-order valence-electron chi connectivity index (χ0n) is 13.9. The van der Waals surface area contributed by atoms with Crippen molar-refractivity contribution in [2.75, 3.05) is 37.6 Å². The van der Waals surface area contributed by atoms with Gasteiger partial charge >= 0.3 is 0 Å². The fourth-order valence-corrected chi connectivity index (χ4v) is 3.60. The second kappa shape index (κ2) is 6.67. The molecule has 1 aromatic heterocycles. The van der Waals surface area contributed by atoms with Crippen LogP contribution in [-0.4, -0.2) is 42.6 Å². The van der Waals surface area contributed by atoms with Crippen molar-refractivity contribution >= 4 is 16.6 Å². The molecule has 2 heterocycles. The third-order valence-electron chi connectivity index (χ3n) is 4.97. The van der Waals surface area contributed by atoms with Crippen LogP contribution < -0.4 is 10.6 Å². The largest absolute Gasteiger partial charge is 0.368 e. The fourth-order valence-electron chi connectivity index (χ4n) is 3.60. The summed E-state index contributed by atoms with van der Waals surface area (Å²) in [6, 6.07) is 19.1. The van der Waals surface area contributed by atoms with Gasteiger partial charge in [-0.3, -0.25) is 4.90 Å². The Kier molecular flexibility index (Phi) is 4.24. The van der Waals surface area contributed by atoms with Crippen molar-refractivity contribution in [3.8, 4) is 0 Å². The van der Waals surface area contributed by atoms with E-state index in [-0.39, 0.29) is 6.04 Å². The van der Waals surface area contributed by atoms with Crippen LogP contribution in [0.4, 0.5) is 5.69 Å². The summed E-state index contributed by atoms with van der Waals surface area (Å²) in [5, 5.41) is 1.31. The Morgan fingerprint density at radius 1 is 0.917 bits per heavy atom. The van der Waals surface area contributed by atoms with Gasteiger partial charge in [0, 0.05) is 61.6 Å². The average Bonchev–Trinajstić information content (AvgIpc) is 3.12. The molecule has 1 fully saturated rings. The molecule has 0 amide bonds. The summed E-state index contributed by atoms with van der Waals surface area (Å²) in [6.45, 7) is 5.13. The van der Waals surface area contributed by atoms with E-state index in [0.717, 1.165) is 32.7 Å². The zero-order valence-corrected chi connectivity index (χ0v) is 13.9. The minimum Gasteiger partial charge on any atom is -0.368 e. The van der Waals surface area contributed by atoms with E-state index in [9.17, 15) is 0 Å². The molecule has 4 heteroatoms. The first-order valence-electron chi connectivity index (χ1n) is 8.65. The first-order valence-corrected chi connectivity index (χ1v) is 8.65. The molecule has 4 rings (SSSR count). The number of nitrogens with one attached hydrogen (secondary N) is 1. The lowest BCUT2D eigenvalue weighted by Gasteiger charge is -2.37. The highest BCUT2D eigenvalue weighted by Gasteiger charge is 2.20. The first-order chi connectivity index (χ1) is 11.8. The molecule has 0 radical (unpaired) electrons. The van der Waals surface area contributed by atoms with Gasteiger partial charge in [0.2, 0.25) is 0 Å². The van der Waals surface area contributed by atoms with E-state index in [1.807, 2.05) is 12.3 Å². The third kappa shape index (κ3) is 3.03. The molecule has 1 aliphatic rings. The van der Waals surface area contributed by atoms with E-state index in [1.54, 1.807) is 0 Å². The number of H-pyrrole nitrogens is 1. The molecule has 1 atom stereocenters. The lowest BCUT2D eigenvalue weighted by Crippen LogP contribution is -2.48. The number of nitrogens with zero attached hydrogens (tertiary/aromatic N) is 2. The van der Waals surface area contributed by atoms with Crippen LogP contribution in [0.25, 0.3) is 10.9 Å². The van der Waals surface area contributed by atoms with Crippen molar-refractivity contribution in [1.29, 1.82) is 0 Å². The van der Waals surface area contributed by atoms with Gasteiger partial charge in [-0.1, -0.05) is 36.4 Å². The maximum atomic E-state index is 6.37. The van der Waals surface area contributed by atoms with E-state index in [1.165, 1.54) is 22.2 Å². The maximum absolute atomic E-state index is 6.37. The molecule has 0 bridgehead atoms. The predicted molar refractivity (Wildman–Crippen MR) is 100 cm³/mol. The molecule has 1 saturated heterocycles. The Bertz CT molecular complexity index is 788. The van der Waals surface area contributed by atoms with Crippen LogP contribution in [0.2, 0.25) is 0 Å². The highest BCUT2D eigenvalue weighted by atomic mass is 15.3. The second-order valence-electron chi connectivity index (χ2n) is 6.52. The van der Waals surface area contributed by atoms with Crippen LogP contribution in [0.15, 0.2) is 60.8 Å². The van der Waals surface area contributed by atoms with Crippen molar-refractivity contribution in [3.05, 3.63) is 66.4 Å². The summed E-state index contributed by atoms with van der Waals surface area (Å²) < 4.78 is 0. The Morgan fingerprint density at radius 2 is 1.71 bits per heavy atom. The van der Waals surface area contributed by atoms with Gasteiger partial charge in [-0.2, -0.15) is 0 Å². The van der Waals surface area contributed by atoms with Gasteiger partial charge in [0.05, 0.1) is 0 Å². The molecular formula is C20H24N4. The first kappa shape index (κ1) is 15.2. The quantitative estimate of drug-likeness (QED) is 0.777. The molecule has 1 aliphatic heterocycles. The molecule has 0 aliphatic carbocycles. The number of fused-ring (bicyclic) bond motifs is 1. The third-order valence-corrected chi connectivity index (χ3v) is 4.97. The van der Waals surface area contributed by atoms with Crippen molar-refractivity contribution in [2.24, 2.45) is 5.73 Å². The van der Waals surface area contributed by atoms with Crippen molar-refractivity contribution in [2.45, 2.75) is 6.04 Å². The van der Waals surface area contributed by atoms with Crippen LogP contribution in [0.1, 0.15) is 11.6 Å². The molecule has 3 aromatic rings. The van der Waals surface area contributed by atoms with Crippen LogP contribution in [0, 0.1) is 0 Å². The summed E-state index contributed by atoms with van der Waals surface area (Å²) in [4.78, 5) is 8.26. The fraction of sp³-hybridized carbons (Fsp3) is 0.300. The van der Waals surface area contributed by atoms with Crippen LogP contribution in [-0.2, 0) is 0 Å². The van der Waals surface area contributed by atoms with Crippen LogP contribution >= 0.6 is 0 Å². The number of hydrogen-bond donors (Lipinski definition) is 2. The van der Waals surface area contributed by atoms with Gasteiger partial charge in [0.1, 0.15) is 0 Å². The smallest absolute Gasteiger partial charge is 0.0474 e. The summed E-state index contributed by atoms with van der Waals surface area (Å²) >= 11 is 0. The monoisotopic (exact) mass is 320 g/mol. The number of hydrogen-bond acceptors (Lipinski definition) is 3. The highest BCUT2D eigenvalue weighted by molar-refractivity contribution is 5.92.